The van der Waals surface area contributed by atoms with Crippen molar-refractivity contribution in [3.8, 4) is 5.75 Å². The normalized spacial score (nSPS) is 18.4. The summed E-state index contributed by atoms with van der Waals surface area (Å²) in [7, 11) is 1.66. The monoisotopic (exact) mass is 485 g/mol. The van der Waals surface area contributed by atoms with E-state index >= 15 is 0 Å². The molecule has 4 aromatic rings. The molecule has 1 saturated carbocycles. The number of methoxy groups -OCH3 is 1. The first kappa shape index (κ1) is 23.7. The van der Waals surface area contributed by atoms with Crippen molar-refractivity contribution in [2.24, 2.45) is 16.6 Å². The van der Waals surface area contributed by atoms with E-state index < -0.39 is 0 Å². The van der Waals surface area contributed by atoms with Gasteiger partial charge in [-0.05, 0) is 72.4 Å². The summed E-state index contributed by atoms with van der Waals surface area (Å²) < 4.78 is 7.34. The molecule has 1 aromatic heterocycles. The number of nitrogens with zero attached hydrogens (tertiary/aromatic N) is 2. The zero-order chi connectivity index (χ0) is 25.2. The van der Waals surface area contributed by atoms with Crippen LogP contribution >= 0.6 is 0 Å². The van der Waals surface area contributed by atoms with Crippen molar-refractivity contribution in [2.45, 2.75) is 44.3 Å². The van der Waals surface area contributed by atoms with Crippen LogP contribution in [0.1, 0.15) is 47.3 Å². The Morgan fingerprint density at radius 1 is 1.03 bits per heavy atom. The van der Waals surface area contributed by atoms with Crippen LogP contribution in [0, 0.1) is 0 Å². The van der Waals surface area contributed by atoms with Crippen LogP contribution in [0.15, 0.2) is 65.8 Å². The summed E-state index contributed by atoms with van der Waals surface area (Å²) >= 11 is 0. The molecule has 3 aromatic carbocycles. The Hall–Kier alpha value is -4.04. The molecule has 0 saturated heterocycles. The van der Waals surface area contributed by atoms with Gasteiger partial charge in [0.1, 0.15) is 11.4 Å². The van der Waals surface area contributed by atoms with Gasteiger partial charge in [0.25, 0.3) is 5.91 Å². The lowest BCUT2D eigenvalue weighted by Crippen LogP contribution is -2.41. The highest BCUT2D eigenvalue weighted by molar-refractivity contribution is 6.03. The van der Waals surface area contributed by atoms with Crippen molar-refractivity contribution in [1.82, 2.24) is 9.88 Å². The number of hydrogen-bond acceptors (Lipinski definition) is 5. The van der Waals surface area contributed by atoms with Gasteiger partial charge in [-0.25, -0.2) is 0 Å². The third kappa shape index (κ3) is 4.72. The van der Waals surface area contributed by atoms with Crippen LogP contribution < -0.4 is 21.5 Å². The molecular weight excluding hydrogens is 454 g/mol. The van der Waals surface area contributed by atoms with Gasteiger partial charge >= 0.3 is 0 Å². The molecule has 0 spiro atoms. The highest BCUT2D eigenvalue weighted by Gasteiger charge is 2.23. The van der Waals surface area contributed by atoms with Crippen LogP contribution in [-0.2, 0) is 6.54 Å². The standard InChI is InChI=1S/C28H31N5O3/c1-36-24-11-6-18-12-17(2-3-19(18)13-24)16-33-25-15-21(27(30)32-35)5-4-20(25)14-26(33)28(34)31-23-9-7-22(29)8-10-23/h2-6,11-15,22-23,35H,7-10,16,29H2,1H3,(H2,30,32)(H,31,34)/t22-,23-. The molecule has 36 heavy (non-hydrogen) atoms. The summed E-state index contributed by atoms with van der Waals surface area (Å²) in [5.41, 5.74) is 15.0. The Labute approximate surface area is 209 Å². The minimum Gasteiger partial charge on any atom is -0.497 e. The maximum absolute atomic E-state index is 13.5. The fourth-order valence-corrected chi connectivity index (χ4v) is 5.03. The summed E-state index contributed by atoms with van der Waals surface area (Å²) in [6.45, 7) is 0.489. The molecule has 1 fully saturated rings. The van der Waals surface area contributed by atoms with Crippen molar-refractivity contribution in [2.75, 3.05) is 7.11 Å². The van der Waals surface area contributed by atoms with Crippen LogP contribution in [0.4, 0.5) is 0 Å². The Balaban J connectivity index is 1.53. The maximum atomic E-state index is 13.5. The Bertz CT molecular complexity index is 1450. The number of carbonyl (C=O) groups excluding carboxylic acids is 1. The van der Waals surface area contributed by atoms with Gasteiger partial charge in [-0.2, -0.15) is 0 Å². The van der Waals surface area contributed by atoms with E-state index in [0.717, 1.165) is 58.7 Å². The van der Waals surface area contributed by atoms with Crippen LogP contribution in [0.3, 0.4) is 0 Å². The second kappa shape index (κ2) is 9.91. The molecule has 0 unspecified atom stereocenters. The number of nitrogens with one attached hydrogen (secondary N) is 1. The van der Waals surface area contributed by atoms with Gasteiger partial charge in [0.15, 0.2) is 5.84 Å². The fourth-order valence-electron chi connectivity index (χ4n) is 5.03. The largest absolute Gasteiger partial charge is 0.497 e. The zero-order valence-electron chi connectivity index (χ0n) is 20.3. The number of hydrogen-bond donors (Lipinski definition) is 4. The van der Waals surface area contributed by atoms with Gasteiger partial charge in [0.05, 0.1) is 7.11 Å². The topological polar surface area (TPSA) is 128 Å². The number of nitrogens with two attached hydrogens (primary N) is 2. The number of amides is 1. The van der Waals surface area contributed by atoms with Crippen LogP contribution in [-0.4, -0.2) is 40.7 Å². The van der Waals surface area contributed by atoms with Gasteiger partial charge in [-0.15, -0.1) is 0 Å². The molecule has 0 atom stereocenters. The lowest BCUT2D eigenvalue weighted by molar-refractivity contribution is 0.0917. The Morgan fingerprint density at radius 3 is 2.50 bits per heavy atom. The van der Waals surface area contributed by atoms with Crippen molar-refractivity contribution in [3.05, 3.63) is 77.5 Å². The molecule has 6 N–H and O–H groups in total. The highest BCUT2D eigenvalue weighted by Crippen LogP contribution is 2.27. The summed E-state index contributed by atoms with van der Waals surface area (Å²) in [6.07, 6.45) is 3.60. The molecule has 0 radical (unpaired) electrons. The molecule has 8 nitrogen and oxygen atoms in total. The number of amidine groups is 1. The zero-order valence-corrected chi connectivity index (χ0v) is 20.3. The van der Waals surface area contributed by atoms with Crippen molar-refractivity contribution in [1.29, 1.82) is 0 Å². The highest BCUT2D eigenvalue weighted by atomic mass is 16.5. The summed E-state index contributed by atoms with van der Waals surface area (Å²) in [5, 5.41) is 18.6. The molecule has 0 aliphatic heterocycles. The van der Waals surface area contributed by atoms with Crippen LogP contribution in [0.25, 0.3) is 21.7 Å². The second-order valence-corrected chi connectivity index (χ2v) is 9.51. The van der Waals surface area contributed by atoms with Crippen LogP contribution in [0.5, 0.6) is 5.75 Å². The number of ether oxygens (including phenoxy) is 1. The molecule has 186 valence electrons. The summed E-state index contributed by atoms with van der Waals surface area (Å²) in [6, 6.07) is 20.0. The smallest absolute Gasteiger partial charge is 0.268 e. The SMILES string of the molecule is COc1ccc2cc(Cn3c(C(=O)N[C@H]4CC[C@H](N)CC4)cc4ccc(/C(N)=N\O)cc43)ccc2c1. The molecule has 1 aliphatic rings. The molecular formula is C28H31N5O3. The number of carbonyl (C=O) groups is 1. The predicted molar refractivity (Wildman–Crippen MR) is 142 cm³/mol. The first-order valence-electron chi connectivity index (χ1n) is 12.2. The van der Waals surface area contributed by atoms with E-state index in [2.05, 4.69) is 28.7 Å². The molecule has 1 amide bonds. The predicted octanol–water partition coefficient (Wildman–Crippen LogP) is 3.95. The molecule has 8 heteroatoms. The third-order valence-electron chi connectivity index (χ3n) is 7.10. The quantitative estimate of drug-likeness (QED) is 0.142. The van der Waals surface area contributed by atoms with Crippen molar-refractivity contribution in [3.63, 3.8) is 0 Å². The first-order valence-corrected chi connectivity index (χ1v) is 12.2. The van der Waals surface area contributed by atoms with Gasteiger partial charge in [0, 0.05) is 35.1 Å². The van der Waals surface area contributed by atoms with Gasteiger partial charge in [-0.3, -0.25) is 4.79 Å². The van der Waals surface area contributed by atoms with E-state index in [-0.39, 0.29) is 23.8 Å². The number of aromatic nitrogens is 1. The van der Waals surface area contributed by atoms with Gasteiger partial charge in [-0.1, -0.05) is 35.5 Å². The number of rotatable bonds is 6. The number of fused-ring (bicyclic) bond motifs is 2. The summed E-state index contributed by atoms with van der Waals surface area (Å²) in [5.74, 6) is 0.723. The number of benzene rings is 3. The van der Waals surface area contributed by atoms with Crippen LogP contribution in [0.2, 0.25) is 0 Å². The first-order chi connectivity index (χ1) is 17.4. The molecule has 1 aliphatic carbocycles. The van der Waals surface area contributed by atoms with E-state index in [1.165, 1.54) is 0 Å². The second-order valence-electron chi connectivity index (χ2n) is 9.51. The van der Waals surface area contributed by atoms with Gasteiger partial charge < -0.3 is 31.3 Å². The molecule has 0 bridgehead atoms. The van der Waals surface area contributed by atoms with Gasteiger partial charge in [0.2, 0.25) is 0 Å². The minimum atomic E-state index is -0.109. The van der Waals surface area contributed by atoms with E-state index in [1.807, 2.05) is 41.0 Å². The summed E-state index contributed by atoms with van der Waals surface area (Å²) in [4.78, 5) is 13.5. The van der Waals surface area contributed by atoms with Crippen molar-refractivity contribution < 1.29 is 14.7 Å². The van der Waals surface area contributed by atoms with E-state index in [4.69, 9.17) is 16.2 Å². The van der Waals surface area contributed by atoms with E-state index in [0.29, 0.717) is 17.8 Å². The Morgan fingerprint density at radius 2 is 1.75 bits per heavy atom. The lowest BCUT2D eigenvalue weighted by atomic mass is 9.92. The maximum Gasteiger partial charge on any atom is 0.268 e. The average molecular weight is 486 g/mol. The van der Waals surface area contributed by atoms with E-state index in [9.17, 15) is 10.0 Å². The number of oxime groups is 1. The molecule has 5 rings (SSSR count). The van der Waals surface area contributed by atoms with E-state index in [1.54, 1.807) is 13.2 Å². The molecule has 1 heterocycles. The Kier molecular flexibility index (Phi) is 6.52. The van der Waals surface area contributed by atoms with Crippen molar-refractivity contribution >= 4 is 33.4 Å². The minimum absolute atomic E-state index is 0.0221. The third-order valence-corrected chi connectivity index (χ3v) is 7.10. The average Bonchev–Trinajstić information content (AvgIpc) is 3.26. The lowest BCUT2D eigenvalue weighted by Gasteiger charge is -2.27. The fraction of sp³-hybridized carbons (Fsp3) is 0.286.